The van der Waals surface area contributed by atoms with Crippen LogP contribution >= 0.6 is 0 Å². The Hall–Kier alpha value is -4.66. The Morgan fingerprint density at radius 3 is 2.26 bits per heavy atom. The molecule has 5 rings (SSSR count). The molecule has 38 heavy (non-hydrogen) atoms. The number of hydrogen-bond acceptors (Lipinski definition) is 6. The molecule has 0 unspecified atom stereocenters. The molecule has 3 aromatic rings. The lowest BCUT2D eigenvalue weighted by molar-refractivity contribution is -0.121. The normalized spacial score (nSPS) is 14.2. The Bertz CT molecular complexity index is 1340. The molecule has 0 saturated carbocycles. The fraction of sp³-hybridized carbons (Fsp3) is 0.241. The van der Waals surface area contributed by atoms with E-state index in [9.17, 15) is 19.2 Å². The lowest BCUT2D eigenvalue weighted by Gasteiger charge is -2.30. The minimum atomic E-state index is -0.334. The van der Waals surface area contributed by atoms with Crippen LogP contribution in [0.4, 0.5) is 11.4 Å². The third-order valence-corrected chi connectivity index (χ3v) is 6.39. The van der Waals surface area contributed by atoms with Gasteiger partial charge >= 0.3 is 0 Å². The molecule has 0 aliphatic carbocycles. The van der Waals surface area contributed by atoms with E-state index in [4.69, 9.17) is 9.47 Å². The van der Waals surface area contributed by atoms with Gasteiger partial charge in [-0.15, -0.1) is 0 Å². The molecule has 9 nitrogen and oxygen atoms in total. The van der Waals surface area contributed by atoms with Gasteiger partial charge in [0.05, 0.1) is 23.4 Å². The van der Waals surface area contributed by atoms with Crippen LogP contribution in [0.1, 0.15) is 40.0 Å². The summed E-state index contributed by atoms with van der Waals surface area (Å²) in [7, 11) is 0. The summed E-state index contributed by atoms with van der Waals surface area (Å²) in [5, 5.41) is 2.84. The van der Waals surface area contributed by atoms with Crippen molar-refractivity contribution in [3.8, 4) is 11.5 Å². The number of fused-ring (bicyclic) bond motifs is 2. The summed E-state index contributed by atoms with van der Waals surface area (Å²) < 4.78 is 11.3. The van der Waals surface area contributed by atoms with Crippen molar-refractivity contribution in [3.05, 3.63) is 83.9 Å². The molecule has 194 valence electrons. The van der Waals surface area contributed by atoms with E-state index in [0.717, 1.165) is 5.75 Å². The Morgan fingerprint density at radius 2 is 1.53 bits per heavy atom. The first-order valence-corrected chi connectivity index (χ1v) is 12.5. The molecule has 0 fully saturated rings. The Kier molecular flexibility index (Phi) is 7.35. The minimum Gasteiger partial charge on any atom is -0.494 e. The molecular formula is C29H27N3O6. The number of rotatable bonds is 10. The molecule has 0 saturated heterocycles. The molecule has 9 heteroatoms. The summed E-state index contributed by atoms with van der Waals surface area (Å²) in [5.41, 5.74) is 1.90. The number of carbonyl (C=O) groups is 4. The highest BCUT2D eigenvalue weighted by molar-refractivity contribution is 6.21. The van der Waals surface area contributed by atoms with Crippen molar-refractivity contribution in [3.63, 3.8) is 0 Å². The number of benzene rings is 3. The predicted molar refractivity (Wildman–Crippen MR) is 141 cm³/mol. The second-order valence-corrected chi connectivity index (χ2v) is 8.99. The van der Waals surface area contributed by atoms with Crippen molar-refractivity contribution in [2.45, 2.75) is 19.3 Å². The van der Waals surface area contributed by atoms with Crippen LogP contribution in [0.2, 0.25) is 0 Å². The van der Waals surface area contributed by atoms with Crippen molar-refractivity contribution in [2.75, 3.05) is 36.5 Å². The van der Waals surface area contributed by atoms with E-state index in [1.165, 1.54) is 4.90 Å². The number of anilines is 2. The van der Waals surface area contributed by atoms with Gasteiger partial charge in [0.2, 0.25) is 5.91 Å². The van der Waals surface area contributed by atoms with Crippen LogP contribution in [-0.4, -0.2) is 54.8 Å². The quantitative estimate of drug-likeness (QED) is 0.326. The maximum absolute atomic E-state index is 12.6. The average Bonchev–Trinajstić information content (AvgIpc) is 3.17. The standard InChI is InChI=1S/C29H27N3O6/c33-26(12-6-15-32-28(35)22-10-4-5-11-23(22)29(32)36)30-20-13-14-25-24(18-20)31(27(34)19-38-25)16-7-17-37-21-8-2-1-3-9-21/h1-5,8-11,13-14,18H,6-7,12,15-17,19H2,(H,30,33). The van der Waals surface area contributed by atoms with E-state index in [2.05, 4.69) is 5.32 Å². The third-order valence-electron chi connectivity index (χ3n) is 6.39. The summed E-state index contributed by atoms with van der Waals surface area (Å²) >= 11 is 0. The molecule has 3 aromatic carbocycles. The van der Waals surface area contributed by atoms with Crippen molar-refractivity contribution in [1.82, 2.24) is 4.90 Å². The van der Waals surface area contributed by atoms with Crippen LogP contribution in [0, 0.1) is 0 Å². The first-order valence-electron chi connectivity index (χ1n) is 12.5. The van der Waals surface area contributed by atoms with Gasteiger partial charge in [-0.2, -0.15) is 0 Å². The zero-order chi connectivity index (χ0) is 26.5. The molecule has 2 aliphatic rings. The number of imide groups is 1. The highest BCUT2D eigenvalue weighted by Gasteiger charge is 2.34. The van der Waals surface area contributed by atoms with Gasteiger partial charge in [-0.3, -0.25) is 24.1 Å². The second-order valence-electron chi connectivity index (χ2n) is 8.99. The maximum atomic E-state index is 12.6. The number of nitrogens with zero attached hydrogens (tertiary/aromatic N) is 2. The van der Waals surface area contributed by atoms with Crippen LogP contribution in [0.3, 0.4) is 0 Å². The fourth-order valence-electron chi connectivity index (χ4n) is 4.52. The summed E-state index contributed by atoms with van der Waals surface area (Å²) in [5.74, 6) is 0.250. The summed E-state index contributed by atoms with van der Waals surface area (Å²) in [6.45, 7) is 1.01. The zero-order valence-electron chi connectivity index (χ0n) is 20.7. The van der Waals surface area contributed by atoms with Gasteiger partial charge in [0.25, 0.3) is 17.7 Å². The van der Waals surface area contributed by atoms with E-state index in [1.54, 1.807) is 47.4 Å². The van der Waals surface area contributed by atoms with E-state index in [0.29, 0.717) is 54.2 Å². The smallest absolute Gasteiger partial charge is 0.265 e. The highest BCUT2D eigenvalue weighted by atomic mass is 16.5. The van der Waals surface area contributed by atoms with Crippen LogP contribution < -0.4 is 19.7 Å². The van der Waals surface area contributed by atoms with Gasteiger partial charge in [0.15, 0.2) is 6.61 Å². The minimum absolute atomic E-state index is 0.0456. The molecule has 2 heterocycles. The Balaban J connectivity index is 1.14. The molecule has 0 spiro atoms. The first-order chi connectivity index (χ1) is 18.5. The topological polar surface area (TPSA) is 105 Å². The SMILES string of the molecule is O=C(CCCN1C(=O)c2ccccc2C1=O)Nc1ccc2c(c1)N(CCCOc1ccccc1)C(=O)CO2. The second kappa shape index (κ2) is 11.2. The van der Waals surface area contributed by atoms with E-state index >= 15 is 0 Å². The van der Waals surface area contributed by atoms with Gasteiger partial charge in [0.1, 0.15) is 11.5 Å². The number of ether oxygens (including phenoxy) is 2. The molecular weight excluding hydrogens is 486 g/mol. The van der Waals surface area contributed by atoms with Gasteiger partial charge in [-0.05, 0) is 55.3 Å². The molecule has 0 bridgehead atoms. The highest BCUT2D eigenvalue weighted by Crippen LogP contribution is 2.35. The van der Waals surface area contributed by atoms with E-state index < -0.39 is 0 Å². The molecule has 4 amide bonds. The molecule has 0 aromatic heterocycles. The fourth-order valence-corrected chi connectivity index (χ4v) is 4.52. The van der Waals surface area contributed by atoms with Crippen LogP contribution in [-0.2, 0) is 9.59 Å². The first kappa shape index (κ1) is 25.0. The summed E-state index contributed by atoms with van der Waals surface area (Å²) in [6.07, 6.45) is 1.08. The third kappa shape index (κ3) is 5.36. The van der Waals surface area contributed by atoms with Crippen LogP contribution in [0.25, 0.3) is 0 Å². The lowest BCUT2D eigenvalue weighted by Crippen LogP contribution is -2.39. The number of carbonyl (C=O) groups excluding carboxylic acids is 4. The van der Waals surface area contributed by atoms with Crippen LogP contribution in [0.5, 0.6) is 11.5 Å². The van der Waals surface area contributed by atoms with Crippen molar-refractivity contribution >= 4 is 35.0 Å². The molecule has 0 radical (unpaired) electrons. The van der Waals surface area contributed by atoms with Gasteiger partial charge in [-0.1, -0.05) is 30.3 Å². The number of hydrogen-bond donors (Lipinski definition) is 1. The van der Waals surface area contributed by atoms with Gasteiger partial charge in [0, 0.05) is 25.2 Å². The lowest BCUT2D eigenvalue weighted by atomic mass is 10.1. The van der Waals surface area contributed by atoms with Crippen molar-refractivity contribution in [1.29, 1.82) is 0 Å². The van der Waals surface area contributed by atoms with E-state index in [-0.39, 0.29) is 43.2 Å². The molecule has 0 atom stereocenters. The Morgan fingerprint density at radius 1 is 0.842 bits per heavy atom. The van der Waals surface area contributed by atoms with Crippen molar-refractivity contribution < 1.29 is 28.7 Å². The summed E-state index contributed by atoms with van der Waals surface area (Å²) in [6, 6.07) is 21.3. The van der Waals surface area contributed by atoms with E-state index in [1.807, 2.05) is 30.3 Å². The number of para-hydroxylation sites is 1. The largest absolute Gasteiger partial charge is 0.494 e. The molecule has 2 aliphatic heterocycles. The van der Waals surface area contributed by atoms with Crippen LogP contribution in [0.15, 0.2) is 72.8 Å². The maximum Gasteiger partial charge on any atom is 0.265 e. The predicted octanol–water partition coefficient (Wildman–Crippen LogP) is 3.90. The van der Waals surface area contributed by atoms with Gasteiger partial charge in [-0.25, -0.2) is 0 Å². The average molecular weight is 514 g/mol. The Labute approximate surface area is 219 Å². The molecule has 1 N–H and O–H groups in total. The number of amides is 4. The summed E-state index contributed by atoms with van der Waals surface area (Å²) in [4.78, 5) is 53.0. The zero-order valence-corrected chi connectivity index (χ0v) is 20.7. The monoisotopic (exact) mass is 513 g/mol. The van der Waals surface area contributed by atoms with Gasteiger partial charge < -0.3 is 19.7 Å². The van der Waals surface area contributed by atoms with Crippen molar-refractivity contribution in [2.24, 2.45) is 0 Å². The number of nitrogens with one attached hydrogen (secondary N) is 1.